The Bertz CT molecular complexity index is 979. The van der Waals surface area contributed by atoms with Crippen LogP contribution in [0, 0.1) is 0 Å². The van der Waals surface area contributed by atoms with Gasteiger partial charge in [-0.1, -0.05) is 11.6 Å². The molecule has 8 heteroatoms. The molecule has 0 spiro atoms. The number of ether oxygens (including phenoxy) is 3. The zero-order valence-electron chi connectivity index (χ0n) is 18.2. The Hall–Kier alpha value is -2.77. The number of nitrogens with one attached hydrogen (secondary N) is 1. The van der Waals surface area contributed by atoms with Crippen molar-refractivity contribution in [3.63, 3.8) is 0 Å². The third kappa shape index (κ3) is 5.11. The minimum Gasteiger partial charge on any atom is -0.493 e. The van der Waals surface area contributed by atoms with Crippen LogP contribution in [-0.2, 0) is 20.7 Å². The molecule has 1 amide bonds. The summed E-state index contributed by atoms with van der Waals surface area (Å²) in [4.78, 5) is 26.2. The maximum Gasteiger partial charge on any atom is 0.320 e. The van der Waals surface area contributed by atoms with Gasteiger partial charge in [-0.3, -0.25) is 14.5 Å². The van der Waals surface area contributed by atoms with E-state index in [9.17, 15) is 9.59 Å². The van der Waals surface area contributed by atoms with Gasteiger partial charge in [0.1, 0.15) is 0 Å². The molecule has 0 saturated carbocycles. The molecule has 0 aromatic heterocycles. The van der Waals surface area contributed by atoms with E-state index in [0.717, 1.165) is 23.1 Å². The summed E-state index contributed by atoms with van der Waals surface area (Å²) in [5.74, 6) is 0.739. The second-order valence-corrected chi connectivity index (χ2v) is 7.68. The van der Waals surface area contributed by atoms with E-state index in [0.29, 0.717) is 35.4 Å². The van der Waals surface area contributed by atoms with Crippen molar-refractivity contribution in [1.29, 1.82) is 0 Å². The molecule has 2 aromatic carbocycles. The van der Waals surface area contributed by atoms with Crippen LogP contribution in [0.2, 0.25) is 5.02 Å². The molecule has 0 radical (unpaired) electrons. The Labute approximate surface area is 187 Å². The van der Waals surface area contributed by atoms with Gasteiger partial charge in [0.2, 0.25) is 5.91 Å². The average Bonchev–Trinajstić information content (AvgIpc) is 2.73. The highest BCUT2D eigenvalue weighted by Gasteiger charge is 2.33. The monoisotopic (exact) mass is 446 g/mol. The van der Waals surface area contributed by atoms with E-state index in [1.807, 2.05) is 23.1 Å². The van der Waals surface area contributed by atoms with Crippen LogP contribution in [0.15, 0.2) is 30.3 Å². The highest BCUT2D eigenvalue weighted by atomic mass is 35.5. The minimum atomic E-state index is -0.339. The van der Waals surface area contributed by atoms with Crippen molar-refractivity contribution in [3.05, 3.63) is 52.0 Å². The quantitative estimate of drug-likeness (QED) is 0.651. The van der Waals surface area contributed by atoms with Gasteiger partial charge in [0.25, 0.3) is 0 Å². The maximum atomic E-state index is 12.3. The van der Waals surface area contributed by atoms with Gasteiger partial charge < -0.3 is 19.5 Å². The second kappa shape index (κ2) is 10.0. The van der Waals surface area contributed by atoms with Gasteiger partial charge in [-0.15, -0.1) is 0 Å². The predicted octanol–water partition coefficient (Wildman–Crippen LogP) is 3.83. The van der Waals surface area contributed by atoms with Crippen LogP contribution in [0.25, 0.3) is 0 Å². The summed E-state index contributed by atoms with van der Waals surface area (Å²) in [7, 11) is 3.18. The van der Waals surface area contributed by atoms with E-state index in [-0.39, 0.29) is 24.5 Å². The molecule has 0 fully saturated rings. The highest BCUT2D eigenvalue weighted by molar-refractivity contribution is 6.30. The Kier molecular flexibility index (Phi) is 7.41. The summed E-state index contributed by atoms with van der Waals surface area (Å²) in [6.07, 6.45) is 0.724. The van der Waals surface area contributed by atoms with Crippen LogP contribution >= 0.6 is 11.6 Å². The summed E-state index contributed by atoms with van der Waals surface area (Å²) < 4.78 is 16.2. The number of esters is 1. The number of halogens is 1. The standard InChI is InChI=1S/C23H27ClN2O5/c1-5-31-22(28)13-26-9-8-15-10-20(29-3)21(30-4)12-17(15)23(26)18-11-16(24)6-7-19(18)25-14(2)27/h6-7,10-12,23H,5,8-9,13H2,1-4H3,(H,25,27). The zero-order valence-corrected chi connectivity index (χ0v) is 18.9. The number of hydrogen-bond donors (Lipinski definition) is 1. The van der Waals surface area contributed by atoms with Crippen LogP contribution in [0.5, 0.6) is 11.5 Å². The van der Waals surface area contributed by atoms with Gasteiger partial charge in [0, 0.05) is 24.2 Å². The normalized spacial score (nSPS) is 15.7. The van der Waals surface area contributed by atoms with E-state index >= 15 is 0 Å². The molecule has 3 rings (SSSR count). The topological polar surface area (TPSA) is 77.1 Å². The lowest BCUT2D eigenvalue weighted by Crippen LogP contribution is -2.40. The first-order valence-electron chi connectivity index (χ1n) is 10.1. The van der Waals surface area contributed by atoms with Crippen molar-refractivity contribution in [3.8, 4) is 11.5 Å². The fourth-order valence-corrected chi connectivity index (χ4v) is 4.15. The molecule has 0 aliphatic carbocycles. The molecule has 2 aromatic rings. The smallest absolute Gasteiger partial charge is 0.320 e. The van der Waals surface area contributed by atoms with Crippen molar-refractivity contribution in [2.75, 3.05) is 39.2 Å². The van der Waals surface area contributed by atoms with E-state index < -0.39 is 0 Å². The van der Waals surface area contributed by atoms with Gasteiger partial charge in [-0.05, 0) is 60.4 Å². The lowest BCUT2D eigenvalue weighted by atomic mass is 9.86. The van der Waals surface area contributed by atoms with Gasteiger partial charge in [0.15, 0.2) is 11.5 Å². The van der Waals surface area contributed by atoms with Gasteiger partial charge in [0.05, 0.1) is 33.4 Å². The fraction of sp³-hybridized carbons (Fsp3) is 0.391. The lowest BCUT2D eigenvalue weighted by Gasteiger charge is -2.38. The molecule has 7 nitrogen and oxygen atoms in total. The zero-order chi connectivity index (χ0) is 22.5. The number of fused-ring (bicyclic) bond motifs is 1. The number of nitrogens with zero attached hydrogens (tertiary/aromatic N) is 1. The molecular weight excluding hydrogens is 420 g/mol. The predicted molar refractivity (Wildman–Crippen MR) is 119 cm³/mol. The molecule has 1 atom stereocenters. The molecule has 1 aliphatic heterocycles. The molecule has 1 unspecified atom stereocenters. The fourth-order valence-electron chi connectivity index (χ4n) is 3.97. The van der Waals surface area contributed by atoms with Gasteiger partial charge in [-0.25, -0.2) is 0 Å². The third-order valence-corrected chi connectivity index (χ3v) is 5.46. The number of hydrogen-bond acceptors (Lipinski definition) is 6. The summed E-state index contributed by atoms with van der Waals surface area (Å²) >= 11 is 6.34. The van der Waals surface area contributed by atoms with Crippen LogP contribution in [0.3, 0.4) is 0 Å². The maximum absolute atomic E-state index is 12.3. The van der Waals surface area contributed by atoms with Crippen molar-refractivity contribution < 1.29 is 23.8 Å². The minimum absolute atomic E-state index is 0.109. The summed E-state index contributed by atoms with van der Waals surface area (Å²) in [5, 5.41) is 3.42. The first kappa shape index (κ1) is 22.9. The number of carbonyl (C=O) groups excluding carboxylic acids is 2. The Morgan fingerprint density at radius 3 is 2.48 bits per heavy atom. The number of methoxy groups -OCH3 is 2. The van der Waals surface area contributed by atoms with Gasteiger partial charge >= 0.3 is 5.97 Å². The van der Waals surface area contributed by atoms with Crippen LogP contribution in [-0.4, -0.2) is 50.7 Å². The van der Waals surface area contributed by atoms with E-state index in [4.69, 9.17) is 25.8 Å². The molecule has 0 saturated heterocycles. The van der Waals surface area contributed by atoms with Crippen LogP contribution in [0.1, 0.15) is 36.6 Å². The van der Waals surface area contributed by atoms with Crippen LogP contribution in [0.4, 0.5) is 5.69 Å². The number of amides is 1. The third-order valence-electron chi connectivity index (χ3n) is 5.23. The van der Waals surface area contributed by atoms with Crippen molar-refractivity contribution in [2.45, 2.75) is 26.3 Å². The average molecular weight is 447 g/mol. The SMILES string of the molecule is CCOC(=O)CN1CCc2cc(OC)c(OC)cc2C1c1cc(Cl)ccc1NC(C)=O. The van der Waals surface area contributed by atoms with Crippen molar-refractivity contribution in [1.82, 2.24) is 4.90 Å². The first-order chi connectivity index (χ1) is 14.9. The number of carbonyl (C=O) groups is 2. The molecule has 0 bridgehead atoms. The second-order valence-electron chi connectivity index (χ2n) is 7.25. The molecule has 1 heterocycles. The molecule has 166 valence electrons. The van der Waals surface area contributed by atoms with E-state index in [1.54, 1.807) is 33.3 Å². The van der Waals surface area contributed by atoms with Crippen molar-refractivity contribution in [2.24, 2.45) is 0 Å². The Morgan fingerprint density at radius 1 is 1.13 bits per heavy atom. The summed E-state index contributed by atoms with van der Waals surface area (Å²) in [6.45, 7) is 4.28. The number of benzene rings is 2. The van der Waals surface area contributed by atoms with Gasteiger partial charge in [-0.2, -0.15) is 0 Å². The summed E-state index contributed by atoms with van der Waals surface area (Å²) in [6, 6.07) is 8.87. The van der Waals surface area contributed by atoms with Crippen molar-refractivity contribution >= 4 is 29.2 Å². The van der Waals surface area contributed by atoms with E-state index in [1.165, 1.54) is 6.92 Å². The Morgan fingerprint density at radius 2 is 1.84 bits per heavy atom. The molecular formula is C23H27ClN2O5. The van der Waals surface area contributed by atoms with Crippen LogP contribution < -0.4 is 14.8 Å². The highest BCUT2D eigenvalue weighted by Crippen LogP contribution is 2.43. The molecule has 31 heavy (non-hydrogen) atoms. The Balaban J connectivity index is 2.18. The first-order valence-corrected chi connectivity index (χ1v) is 10.5. The molecule has 1 N–H and O–H groups in total. The molecule has 1 aliphatic rings. The largest absolute Gasteiger partial charge is 0.493 e. The number of rotatable bonds is 7. The number of anilines is 1. The summed E-state index contributed by atoms with van der Waals surface area (Å²) in [5.41, 5.74) is 3.47. The van der Waals surface area contributed by atoms with E-state index in [2.05, 4.69) is 5.32 Å². The lowest BCUT2D eigenvalue weighted by molar-refractivity contribution is -0.145.